The van der Waals surface area contributed by atoms with Crippen LogP contribution < -0.4 is 16.0 Å². The molecule has 0 aliphatic carbocycles. The third-order valence-corrected chi connectivity index (χ3v) is 3.04. The fraction of sp³-hybridized carbons (Fsp3) is 0.800. The lowest BCUT2D eigenvalue weighted by molar-refractivity contribution is -0.127. The van der Waals surface area contributed by atoms with Crippen LogP contribution in [0.5, 0.6) is 0 Å². The smallest absolute Gasteiger partial charge is 0.224 e. The van der Waals surface area contributed by atoms with Gasteiger partial charge in [-0.2, -0.15) is 0 Å². The zero-order chi connectivity index (χ0) is 10.7. The number of nitrogens with one attached hydrogen (secondary N) is 3. The standard InChI is InChI=1S/C10H17N3O2/c14-9-2-1-8(6-12-9)13-10(15)7-3-4-11-5-7/h7-8,11H,1-6H2,(H,12,14)(H,13,15). The fourth-order valence-corrected chi connectivity index (χ4v) is 2.05. The summed E-state index contributed by atoms with van der Waals surface area (Å²) in [5.41, 5.74) is 0. The van der Waals surface area contributed by atoms with E-state index in [1.807, 2.05) is 0 Å². The number of hydrogen-bond acceptors (Lipinski definition) is 3. The van der Waals surface area contributed by atoms with Gasteiger partial charge in [0.25, 0.3) is 0 Å². The molecular weight excluding hydrogens is 194 g/mol. The molecule has 2 atom stereocenters. The molecule has 0 bridgehead atoms. The minimum absolute atomic E-state index is 0.0861. The average molecular weight is 211 g/mol. The van der Waals surface area contributed by atoms with E-state index >= 15 is 0 Å². The van der Waals surface area contributed by atoms with Crippen molar-refractivity contribution in [1.82, 2.24) is 16.0 Å². The number of rotatable bonds is 2. The number of piperidine rings is 1. The highest BCUT2D eigenvalue weighted by Crippen LogP contribution is 2.09. The zero-order valence-electron chi connectivity index (χ0n) is 8.71. The Morgan fingerprint density at radius 2 is 2.20 bits per heavy atom. The van der Waals surface area contributed by atoms with Crippen molar-refractivity contribution < 1.29 is 9.59 Å². The molecule has 0 aromatic carbocycles. The molecule has 0 saturated carbocycles. The van der Waals surface area contributed by atoms with Gasteiger partial charge < -0.3 is 16.0 Å². The van der Waals surface area contributed by atoms with E-state index in [0.717, 1.165) is 25.9 Å². The zero-order valence-corrected chi connectivity index (χ0v) is 8.71. The Kier molecular flexibility index (Phi) is 3.20. The third-order valence-electron chi connectivity index (χ3n) is 3.04. The van der Waals surface area contributed by atoms with Crippen LogP contribution >= 0.6 is 0 Å². The van der Waals surface area contributed by atoms with E-state index < -0.39 is 0 Å². The maximum absolute atomic E-state index is 11.7. The highest BCUT2D eigenvalue weighted by Gasteiger charge is 2.26. The highest BCUT2D eigenvalue weighted by atomic mass is 16.2. The van der Waals surface area contributed by atoms with Crippen LogP contribution in [-0.2, 0) is 9.59 Å². The van der Waals surface area contributed by atoms with Gasteiger partial charge in [0, 0.05) is 25.6 Å². The molecule has 2 saturated heterocycles. The first-order valence-corrected chi connectivity index (χ1v) is 5.53. The van der Waals surface area contributed by atoms with Gasteiger partial charge in [-0.25, -0.2) is 0 Å². The van der Waals surface area contributed by atoms with Crippen molar-refractivity contribution in [2.75, 3.05) is 19.6 Å². The van der Waals surface area contributed by atoms with E-state index in [0.29, 0.717) is 13.0 Å². The quantitative estimate of drug-likeness (QED) is 0.548. The first-order chi connectivity index (χ1) is 7.25. The molecule has 3 N–H and O–H groups in total. The van der Waals surface area contributed by atoms with E-state index in [1.165, 1.54) is 0 Å². The van der Waals surface area contributed by atoms with Crippen LogP contribution in [-0.4, -0.2) is 37.5 Å². The Bertz CT molecular complexity index is 251. The molecule has 2 fully saturated rings. The van der Waals surface area contributed by atoms with Gasteiger partial charge in [-0.05, 0) is 19.4 Å². The topological polar surface area (TPSA) is 70.2 Å². The lowest BCUT2D eigenvalue weighted by Gasteiger charge is -2.24. The lowest BCUT2D eigenvalue weighted by Crippen LogP contribution is -2.49. The predicted molar refractivity (Wildman–Crippen MR) is 55.2 cm³/mol. The molecule has 2 heterocycles. The van der Waals surface area contributed by atoms with Crippen molar-refractivity contribution in [3.63, 3.8) is 0 Å². The molecule has 15 heavy (non-hydrogen) atoms. The van der Waals surface area contributed by atoms with E-state index in [1.54, 1.807) is 0 Å². The van der Waals surface area contributed by atoms with Crippen molar-refractivity contribution >= 4 is 11.8 Å². The van der Waals surface area contributed by atoms with Crippen molar-refractivity contribution in [3.8, 4) is 0 Å². The van der Waals surface area contributed by atoms with E-state index in [-0.39, 0.29) is 23.8 Å². The Morgan fingerprint density at radius 3 is 2.80 bits per heavy atom. The van der Waals surface area contributed by atoms with Gasteiger partial charge in [-0.3, -0.25) is 9.59 Å². The van der Waals surface area contributed by atoms with Crippen molar-refractivity contribution in [2.45, 2.75) is 25.3 Å². The van der Waals surface area contributed by atoms with Gasteiger partial charge in [0.1, 0.15) is 0 Å². The number of carbonyl (C=O) groups is 2. The maximum atomic E-state index is 11.7. The van der Waals surface area contributed by atoms with Gasteiger partial charge >= 0.3 is 0 Å². The van der Waals surface area contributed by atoms with Crippen LogP contribution in [0.15, 0.2) is 0 Å². The second kappa shape index (κ2) is 4.61. The largest absolute Gasteiger partial charge is 0.354 e. The molecule has 2 rings (SSSR count). The number of hydrogen-bond donors (Lipinski definition) is 3. The molecule has 0 radical (unpaired) electrons. The summed E-state index contributed by atoms with van der Waals surface area (Å²) in [7, 11) is 0. The van der Waals surface area contributed by atoms with Crippen LogP contribution in [0.4, 0.5) is 0 Å². The number of amides is 2. The normalized spacial score (nSPS) is 31.1. The summed E-state index contributed by atoms with van der Waals surface area (Å²) in [6, 6.07) is 0.121. The second-order valence-corrected chi connectivity index (χ2v) is 4.24. The Labute approximate surface area is 89.0 Å². The van der Waals surface area contributed by atoms with Crippen molar-refractivity contribution in [1.29, 1.82) is 0 Å². The summed E-state index contributed by atoms with van der Waals surface area (Å²) < 4.78 is 0. The van der Waals surface area contributed by atoms with Crippen LogP contribution in [0.2, 0.25) is 0 Å². The third kappa shape index (κ3) is 2.68. The van der Waals surface area contributed by atoms with Crippen LogP contribution in [0.25, 0.3) is 0 Å². The Morgan fingerprint density at radius 1 is 1.33 bits per heavy atom. The van der Waals surface area contributed by atoms with E-state index in [2.05, 4.69) is 16.0 Å². The molecule has 2 aliphatic heterocycles. The molecule has 0 aromatic rings. The molecule has 2 aliphatic rings. The Hall–Kier alpha value is -1.10. The summed E-state index contributed by atoms with van der Waals surface area (Å²) >= 11 is 0. The van der Waals surface area contributed by atoms with Gasteiger partial charge in [0.05, 0.1) is 5.92 Å². The maximum Gasteiger partial charge on any atom is 0.224 e. The molecule has 5 nitrogen and oxygen atoms in total. The fourth-order valence-electron chi connectivity index (χ4n) is 2.05. The van der Waals surface area contributed by atoms with E-state index in [4.69, 9.17) is 0 Å². The summed E-state index contributed by atoms with van der Waals surface area (Å²) in [4.78, 5) is 22.6. The van der Waals surface area contributed by atoms with Gasteiger partial charge in [-0.1, -0.05) is 0 Å². The molecule has 0 spiro atoms. The molecule has 2 unspecified atom stereocenters. The lowest BCUT2D eigenvalue weighted by atomic mass is 10.0. The van der Waals surface area contributed by atoms with Crippen LogP contribution in [0.1, 0.15) is 19.3 Å². The first-order valence-electron chi connectivity index (χ1n) is 5.53. The second-order valence-electron chi connectivity index (χ2n) is 4.24. The molecular formula is C10H17N3O2. The summed E-state index contributed by atoms with van der Waals surface area (Å²) in [5.74, 6) is 0.326. The Balaban J connectivity index is 1.76. The summed E-state index contributed by atoms with van der Waals surface area (Å²) in [6.45, 7) is 2.29. The summed E-state index contributed by atoms with van der Waals surface area (Å²) in [5, 5.41) is 8.91. The average Bonchev–Trinajstić information content (AvgIpc) is 2.74. The highest BCUT2D eigenvalue weighted by molar-refractivity contribution is 5.80. The van der Waals surface area contributed by atoms with Crippen LogP contribution in [0, 0.1) is 5.92 Å². The van der Waals surface area contributed by atoms with Gasteiger partial charge in [0.15, 0.2) is 0 Å². The monoisotopic (exact) mass is 211 g/mol. The minimum atomic E-state index is 0.0861. The van der Waals surface area contributed by atoms with Crippen LogP contribution in [0.3, 0.4) is 0 Å². The molecule has 84 valence electrons. The van der Waals surface area contributed by atoms with Crippen molar-refractivity contribution in [3.05, 3.63) is 0 Å². The SMILES string of the molecule is O=C1CCC(NC(=O)C2CCNC2)CN1. The van der Waals surface area contributed by atoms with Crippen molar-refractivity contribution in [2.24, 2.45) is 5.92 Å². The summed E-state index contributed by atoms with van der Waals surface area (Å²) in [6.07, 6.45) is 2.20. The molecule has 5 heteroatoms. The van der Waals surface area contributed by atoms with Gasteiger partial charge in [0.2, 0.25) is 11.8 Å². The molecule has 0 aromatic heterocycles. The minimum Gasteiger partial charge on any atom is -0.354 e. The number of carbonyl (C=O) groups excluding carboxylic acids is 2. The predicted octanol–water partition coefficient (Wildman–Crippen LogP) is -1.01. The molecule has 2 amide bonds. The first kappa shape index (κ1) is 10.4. The van der Waals surface area contributed by atoms with Gasteiger partial charge in [-0.15, -0.1) is 0 Å². The van der Waals surface area contributed by atoms with E-state index in [9.17, 15) is 9.59 Å².